The maximum atomic E-state index is 12.6. The van der Waals surface area contributed by atoms with Gasteiger partial charge in [0.15, 0.2) is 5.13 Å². The highest BCUT2D eigenvalue weighted by molar-refractivity contribution is 7.17. The van der Waals surface area contributed by atoms with Crippen LogP contribution in [0.5, 0.6) is 0 Å². The molecule has 2 aliphatic heterocycles. The van der Waals surface area contributed by atoms with Gasteiger partial charge >= 0.3 is 0 Å². The van der Waals surface area contributed by atoms with E-state index in [0.717, 1.165) is 35.9 Å². The van der Waals surface area contributed by atoms with Crippen molar-refractivity contribution in [2.45, 2.75) is 26.7 Å². The van der Waals surface area contributed by atoms with E-state index >= 15 is 0 Å². The monoisotopic (exact) mass is 457 g/mol. The summed E-state index contributed by atoms with van der Waals surface area (Å²) in [7, 11) is 0. The molecule has 10 heteroatoms. The predicted octanol–water partition coefficient (Wildman–Crippen LogP) is 1.66. The first-order valence-corrected chi connectivity index (χ1v) is 11.6. The van der Waals surface area contributed by atoms with Crippen molar-refractivity contribution in [2.24, 2.45) is 5.92 Å². The Kier molecular flexibility index (Phi) is 6.71. The zero-order valence-electron chi connectivity index (χ0n) is 18.2. The van der Waals surface area contributed by atoms with Crippen LogP contribution in [0.25, 0.3) is 0 Å². The number of carbonyl (C=O) groups is 3. The first-order chi connectivity index (χ1) is 15.5. The van der Waals surface area contributed by atoms with Gasteiger partial charge in [-0.25, -0.2) is 4.98 Å². The molecule has 2 fully saturated rings. The molecule has 0 saturated carbocycles. The normalized spacial score (nSPS) is 18.7. The van der Waals surface area contributed by atoms with E-state index in [1.807, 2.05) is 24.3 Å². The van der Waals surface area contributed by atoms with Crippen LogP contribution in [-0.2, 0) is 20.7 Å². The van der Waals surface area contributed by atoms with Gasteiger partial charge in [-0.1, -0.05) is 30.4 Å². The summed E-state index contributed by atoms with van der Waals surface area (Å²) < 4.78 is 5.36. The highest BCUT2D eigenvalue weighted by Crippen LogP contribution is 2.27. The van der Waals surface area contributed by atoms with Crippen LogP contribution in [0, 0.1) is 12.8 Å². The lowest BCUT2D eigenvalue weighted by Crippen LogP contribution is -2.45. The molecule has 0 spiro atoms. The summed E-state index contributed by atoms with van der Waals surface area (Å²) in [6.45, 7) is 6.85. The van der Waals surface area contributed by atoms with E-state index in [4.69, 9.17) is 4.74 Å². The van der Waals surface area contributed by atoms with Crippen molar-refractivity contribution in [3.05, 3.63) is 40.4 Å². The molecule has 1 atom stereocenters. The molecule has 0 radical (unpaired) electrons. The molecule has 32 heavy (non-hydrogen) atoms. The predicted molar refractivity (Wildman–Crippen MR) is 122 cm³/mol. The van der Waals surface area contributed by atoms with Crippen LogP contribution in [0.15, 0.2) is 24.3 Å². The van der Waals surface area contributed by atoms with Gasteiger partial charge in [0, 0.05) is 31.7 Å². The lowest BCUT2D eigenvalue weighted by molar-refractivity contribution is -0.126. The van der Waals surface area contributed by atoms with Crippen molar-refractivity contribution < 1.29 is 19.1 Å². The zero-order chi connectivity index (χ0) is 22.7. The van der Waals surface area contributed by atoms with E-state index in [1.165, 1.54) is 11.3 Å². The number of nitrogens with one attached hydrogen (secondary N) is 2. The van der Waals surface area contributed by atoms with E-state index in [2.05, 4.69) is 27.7 Å². The number of hydrogen-bond donors (Lipinski definition) is 2. The molecular formula is C22H27N5O4S. The van der Waals surface area contributed by atoms with Gasteiger partial charge in [0.1, 0.15) is 4.88 Å². The van der Waals surface area contributed by atoms with E-state index in [9.17, 15) is 14.4 Å². The molecule has 0 aliphatic carbocycles. The Bertz CT molecular complexity index is 1020. The molecule has 170 valence electrons. The van der Waals surface area contributed by atoms with E-state index in [-0.39, 0.29) is 24.8 Å². The third-order valence-electron chi connectivity index (χ3n) is 5.70. The van der Waals surface area contributed by atoms with E-state index in [0.29, 0.717) is 23.8 Å². The minimum absolute atomic E-state index is 0.0989. The van der Waals surface area contributed by atoms with Gasteiger partial charge < -0.3 is 14.5 Å². The number of aryl methyl sites for hydroxylation is 2. The van der Waals surface area contributed by atoms with Crippen molar-refractivity contribution in [2.75, 3.05) is 42.6 Å². The van der Waals surface area contributed by atoms with Crippen LogP contribution < -0.4 is 20.7 Å². The summed E-state index contributed by atoms with van der Waals surface area (Å²) in [6.07, 6.45) is 0.981. The third kappa shape index (κ3) is 4.76. The van der Waals surface area contributed by atoms with Crippen molar-refractivity contribution in [3.8, 4) is 0 Å². The molecule has 2 saturated heterocycles. The topological polar surface area (TPSA) is 104 Å². The molecule has 1 aromatic heterocycles. The Balaban J connectivity index is 1.34. The van der Waals surface area contributed by atoms with Crippen LogP contribution in [0.3, 0.4) is 0 Å². The Morgan fingerprint density at radius 1 is 1.25 bits per heavy atom. The second kappa shape index (κ2) is 9.66. The van der Waals surface area contributed by atoms with Gasteiger partial charge in [0.05, 0.1) is 24.8 Å². The lowest BCUT2D eigenvalue weighted by atomic mass is 10.1. The Morgan fingerprint density at radius 3 is 2.78 bits per heavy atom. The van der Waals surface area contributed by atoms with E-state index in [1.54, 1.807) is 11.8 Å². The number of aromatic nitrogens is 1. The van der Waals surface area contributed by atoms with E-state index < -0.39 is 11.8 Å². The van der Waals surface area contributed by atoms with Gasteiger partial charge in [-0.2, -0.15) is 0 Å². The average Bonchev–Trinajstić information content (AvgIpc) is 3.40. The van der Waals surface area contributed by atoms with Gasteiger partial charge in [-0.15, -0.1) is 0 Å². The summed E-state index contributed by atoms with van der Waals surface area (Å²) >= 11 is 1.29. The molecule has 3 amide bonds. The number of benzene rings is 1. The number of anilines is 2. The molecule has 3 heterocycles. The number of hydrazine groups is 1. The largest absolute Gasteiger partial charge is 0.378 e. The molecule has 2 aliphatic rings. The van der Waals surface area contributed by atoms with Gasteiger partial charge in [-0.3, -0.25) is 25.2 Å². The van der Waals surface area contributed by atoms with Crippen molar-refractivity contribution in [1.29, 1.82) is 0 Å². The smallest absolute Gasteiger partial charge is 0.281 e. The first kappa shape index (κ1) is 22.2. The summed E-state index contributed by atoms with van der Waals surface area (Å²) in [5.41, 5.74) is 7.50. The maximum absolute atomic E-state index is 12.6. The lowest BCUT2D eigenvalue weighted by Gasteiger charge is -2.25. The fraction of sp³-hybridized carbons (Fsp3) is 0.455. The molecule has 4 rings (SSSR count). The summed E-state index contributed by atoms with van der Waals surface area (Å²) in [4.78, 5) is 46.4. The highest BCUT2D eigenvalue weighted by Gasteiger charge is 2.35. The molecular weight excluding hydrogens is 430 g/mol. The minimum atomic E-state index is -0.528. The molecule has 0 bridgehead atoms. The number of morpholine rings is 1. The average molecular weight is 458 g/mol. The van der Waals surface area contributed by atoms with Crippen LogP contribution in [-0.4, -0.2) is 55.6 Å². The van der Waals surface area contributed by atoms with Gasteiger partial charge in [0.2, 0.25) is 11.8 Å². The number of thiazole rings is 1. The number of carbonyl (C=O) groups excluding carboxylic acids is 3. The molecule has 9 nitrogen and oxygen atoms in total. The third-order valence-corrected chi connectivity index (χ3v) is 6.92. The van der Waals surface area contributed by atoms with Crippen LogP contribution >= 0.6 is 11.3 Å². The maximum Gasteiger partial charge on any atom is 0.281 e. The summed E-state index contributed by atoms with van der Waals surface area (Å²) in [6, 6.07) is 7.77. The number of nitrogens with zero attached hydrogens (tertiary/aromatic N) is 3. The Morgan fingerprint density at radius 2 is 2.03 bits per heavy atom. The van der Waals surface area contributed by atoms with Crippen LogP contribution in [0.4, 0.5) is 10.8 Å². The summed E-state index contributed by atoms with van der Waals surface area (Å²) in [5, 5.41) is 0.772. The first-order valence-electron chi connectivity index (χ1n) is 10.8. The van der Waals surface area contributed by atoms with Crippen molar-refractivity contribution in [3.63, 3.8) is 0 Å². The second-order valence-corrected chi connectivity index (χ2v) is 8.86. The minimum Gasteiger partial charge on any atom is -0.378 e. The number of amides is 3. The Hall–Kier alpha value is -2.98. The molecule has 0 unspecified atom stereocenters. The highest BCUT2D eigenvalue weighted by atomic mass is 32.1. The van der Waals surface area contributed by atoms with Crippen molar-refractivity contribution >= 4 is 39.9 Å². The zero-order valence-corrected chi connectivity index (χ0v) is 19.0. The SMILES string of the molecule is CCc1cccc(N2C[C@H](C(=O)NNC(=O)c3sc(N4CCOCC4)nc3C)CC2=O)c1. The van der Waals surface area contributed by atoms with Crippen LogP contribution in [0.1, 0.15) is 34.3 Å². The number of hydrogen-bond acceptors (Lipinski definition) is 7. The molecule has 2 N–H and O–H groups in total. The number of rotatable bonds is 5. The quantitative estimate of drug-likeness (QED) is 0.662. The fourth-order valence-corrected chi connectivity index (χ4v) is 4.85. The molecule has 1 aromatic carbocycles. The van der Waals surface area contributed by atoms with Crippen molar-refractivity contribution in [1.82, 2.24) is 15.8 Å². The van der Waals surface area contributed by atoms with Gasteiger partial charge in [-0.05, 0) is 31.0 Å². The standard InChI is InChI=1S/C22H27N5O4S/c1-3-15-5-4-6-17(11-15)27-13-16(12-18(27)28)20(29)24-25-21(30)19-14(2)23-22(32-19)26-7-9-31-10-8-26/h4-6,11,16H,3,7-10,12-13H2,1-2H3,(H,24,29)(H,25,30)/t16-/m1/s1. The number of ether oxygens (including phenoxy) is 1. The fourth-order valence-electron chi connectivity index (χ4n) is 3.84. The summed E-state index contributed by atoms with van der Waals surface area (Å²) in [5.74, 6) is -1.42. The van der Waals surface area contributed by atoms with Gasteiger partial charge in [0.25, 0.3) is 5.91 Å². The molecule has 2 aromatic rings. The van der Waals surface area contributed by atoms with Crippen LogP contribution in [0.2, 0.25) is 0 Å². The second-order valence-electron chi connectivity index (χ2n) is 7.88. The Labute approximate surface area is 190 Å².